The van der Waals surface area contributed by atoms with Crippen molar-refractivity contribution in [2.45, 2.75) is 25.4 Å². The van der Waals surface area contributed by atoms with Crippen molar-refractivity contribution in [2.24, 2.45) is 0 Å². The van der Waals surface area contributed by atoms with Crippen LogP contribution >= 0.6 is 27.5 Å². The van der Waals surface area contributed by atoms with E-state index in [0.717, 1.165) is 16.0 Å². The van der Waals surface area contributed by atoms with E-state index in [1.165, 1.54) is 29.5 Å². The summed E-state index contributed by atoms with van der Waals surface area (Å²) in [5.74, 6) is 0. The van der Waals surface area contributed by atoms with Crippen LogP contribution in [0.3, 0.4) is 0 Å². The predicted molar refractivity (Wildman–Crippen MR) is 84.4 cm³/mol. The van der Waals surface area contributed by atoms with Crippen LogP contribution in [0.25, 0.3) is 11.1 Å². The first kappa shape index (κ1) is 13.2. The van der Waals surface area contributed by atoms with Crippen LogP contribution in [0.15, 0.2) is 46.9 Å². The van der Waals surface area contributed by atoms with Gasteiger partial charge in [-0.15, -0.1) is 0 Å². The fourth-order valence-corrected chi connectivity index (χ4v) is 2.89. The first-order valence-electron chi connectivity index (χ1n) is 6.51. The molecule has 0 heterocycles. The van der Waals surface area contributed by atoms with Gasteiger partial charge in [0.2, 0.25) is 0 Å². The second kappa shape index (κ2) is 5.66. The molecule has 98 valence electrons. The highest BCUT2D eigenvalue weighted by Crippen LogP contribution is 2.32. The molecule has 0 aliphatic heterocycles. The first-order chi connectivity index (χ1) is 9.24. The molecule has 0 bridgehead atoms. The third kappa shape index (κ3) is 3.19. The minimum Gasteiger partial charge on any atom is -0.310 e. The van der Waals surface area contributed by atoms with Crippen LogP contribution in [-0.2, 0) is 6.54 Å². The quantitative estimate of drug-likeness (QED) is 0.826. The highest BCUT2D eigenvalue weighted by atomic mass is 79.9. The van der Waals surface area contributed by atoms with E-state index in [1.807, 2.05) is 12.1 Å². The molecule has 0 atom stereocenters. The number of benzene rings is 2. The van der Waals surface area contributed by atoms with Gasteiger partial charge in [-0.2, -0.15) is 0 Å². The molecule has 3 rings (SSSR count). The third-order valence-electron chi connectivity index (χ3n) is 3.39. The minimum absolute atomic E-state index is 0.700. The summed E-state index contributed by atoms with van der Waals surface area (Å²) in [6, 6.07) is 15.1. The van der Waals surface area contributed by atoms with Crippen LogP contribution in [0.1, 0.15) is 18.4 Å². The molecule has 1 saturated carbocycles. The Morgan fingerprint density at radius 3 is 2.63 bits per heavy atom. The maximum Gasteiger partial charge on any atom is 0.0409 e. The van der Waals surface area contributed by atoms with E-state index < -0.39 is 0 Å². The van der Waals surface area contributed by atoms with Gasteiger partial charge < -0.3 is 5.32 Å². The van der Waals surface area contributed by atoms with Gasteiger partial charge in [0.05, 0.1) is 0 Å². The van der Waals surface area contributed by atoms with E-state index in [-0.39, 0.29) is 0 Å². The van der Waals surface area contributed by atoms with Crippen molar-refractivity contribution in [1.29, 1.82) is 0 Å². The van der Waals surface area contributed by atoms with Crippen molar-refractivity contribution in [2.75, 3.05) is 0 Å². The maximum absolute atomic E-state index is 6.14. The predicted octanol–water partition coefficient (Wildman–Crippen LogP) is 5.02. The van der Waals surface area contributed by atoms with Crippen LogP contribution in [0, 0.1) is 0 Å². The molecule has 0 unspecified atom stereocenters. The monoisotopic (exact) mass is 335 g/mol. The molecule has 0 radical (unpaired) electrons. The number of hydrogen-bond donors (Lipinski definition) is 1. The summed E-state index contributed by atoms with van der Waals surface area (Å²) in [4.78, 5) is 0. The molecule has 1 nitrogen and oxygen atoms in total. The zero-order valence-corrected chi connectivity index (χ0v) is 12.8. The molecule has 1 aliphatic rings. The van der Waals surface area contributed by atoms with E-state index in [4.69, 9.17) is 11.6 Å². The van der Waals surface area contributed by atoms with Crippen molar-refractivity contribution in [3.63, 3.8) is 0 Å². The molecule has 0 saturated heterocycles. The summed E-state index contributed by atoms with van der Waals surface area (Å²) in [7, 11) is 0. The normalized spacial score (nSPS) is 14.6. The number of hydrogen-bond acceptors (Lipinski definition) is 1. The number of halogens is 2. The molecule has 2 aromatic carbocycles. The van der Waals surface area contributed by atoms with Crippen LogP contribution in [0.4, 0.5) is 0 Å². The van der Waals surface area contributed by atoms with Gasteiger partial charge in [-0.05, 0) is 47.7 Å². The third-order valence-corrected chi connectivity index (χ3v) is 4.32. The van der Waals surface area contributed by atoms with Crippen molar-refractivity contribution >= 4 is 27.5 Å². The van der Waals surface area contributed by atoms with Crippen molar-refractivity contribution in [3.05, 3.63) is 57.5 Å². The zero-order valence-electron chi connectivity index (χ0n) is 10.5. The van der Waals surface area contributed by atoms with Gasteiger partial charge in [-0.3, -0.25) is 0 Å². The molecule has 3 heteroatoms. The van der Waals surface area contributed by atoms with Gasteiger partial charge in [0.1, 0.15) is 0 Å². The Morgan fingerprint density at radius 1 is 1.11 bits per heavy atom. The summed E-state index contributed by atoms with van der Waals surface area (Å²) >= 11 is 9.76. The minimum atomic E-state index is 0.700. The van der Waals surface area contributed by atoms with Gasteiger partial charge >= 0.3 is 0 Å². The van der Waals surface area contributed by atoms with E-state index in [1.54, 1.807) is 0 Å². The molecule has 2 aromatic rings. The van der Waals surface area contributed by atoms with Crippen LogP contribution in [0.2, 0.25) is 5.02 Å². The first-order valence-corrected chi connectivity index (χ1v) is 7.68. The van der Waals surface area contributed by atoms with Crippen molar-refractivity contribution in [3.8, 4) is 11.1 Å². The second-order valence-electron chi connectivity index (χ2n) is 4.94. The maximum atomic E-state index is 6.14. The summed E-state index contributed by atoms with van der Waals surface area (Å²) < 4.78 is 1.12. The van der Waals surface area contributed by atoms with Gasteiger partial charge in [0.15, 0.2) is 0 Å². The van der Waals surface area contributed by atoms with Crippen LogP contribution in [0.5, 0.6) is 0 Å². The SMILES string of the molecule is Clc1ccc(-c2ccccc2Br)c(CNC2CC2)c1. The van der Waals surface area contributed by atoms with E-state index >= 15 is 0 Å². The summed E-state index contributed by atoms with van der Waals surface area (Å²) in [6.45, 7) is 0.877. The highest BCUT2D eigenvalue weighted by molar-refractivity contribution is 9.10. The van der Waals surface area contributed by atoms with Gasteiger partial charge in [0.25, 0.3) is 0 Å². The molecule has 1 N–H and O–H groups in total. The van der Waals surface area contributed by atoms with Crippen molar-refractivity contribution in [1.82, 2.24) is 5.32 Å². The Balaban J connectivity index is 1.96. The molecule has 0 amide bonds. The standard InChI is InChI=1S/C16H15BrClN/c17-16-4-2-1-3-15(16)14-8-5-12(18)9-11(14)10-19-13-6-7-13/h1-5,8-9,13,19H,6-7,10H2. The molecule has 19 heavy (non-hydrogen) atoms. The Kier molecular flexibility index (Phi) is 3.92. The Bertz CT molecular complexity index is 593. The lowest BCUT2D eigenvalue weighted by atomic mass is 9.99. The van der Waals surface area contributed by atoms with E-state index in [2.05, 4.69) is 51.6 Å². The van der Waals surface area contributed by atoms with Gasteiger partial charge in [-0.1, -0.05) is 51.8 Å². The fraction of sp³-hybridized carbons (Fsp3) is 0.250. The van der Waals surface area contributed by atoms with E-state index in [9.17, 15) is 0 Å². The largest absolute Gasteiger partial charge is 0.310 e. The van der Waals surface area contributed by atoms with Gasteiger partial charge in [0, 0.05) is 22.1 Å². The van der Waals surface area contributed by atoms with Crippen LogP contribution in [-0.4, -0.2) is 6.04 Å². The second-order valence-corrected chi connectivity index (χ2v) is 6.23. The molecular weight excluding hydrogens is 322 g/mol. The number of rotatable bonds is 4. The van der Waals surface area contributed by atoms with Crippen LogP contribution < -0.4 is 5.32 Å². The Labute approximate surface area is 127 Å². The Morgan fingerprint density at radius 2 is 1.89 bits per heavy atom. The zero-order chi connectivity index (χ0) is 13.2. The number of nitrogens with one attached hydrogen (secondary N) is 1. The van der Waals surface area contributed by atoms with Gasteiger partial charge in [-0.25, -0.2) is 0 Å². The summed E-state index contributed by atoms with van der Waals surface area (Å²) in [6.07, 6.45) is 2.59. The lowest BCUT2D eigenvalue weighted by Crippen LogP contribution is -2.15. The average molecular weight is 337 g/mol. The average Bonchev–Trinajstić information content (AvgIpc) is 3.22. The fourth-order valence-electron chi connectivity index (χ4n) is 2.19. The summed E-state index contributed by atoms with van der Waals surface area (Å²) in [5, 5.41) is 4.35. The lowest BCUT2D eigenvalue weighted by molar-refractivity contribution is 0.689. The smallest absolute Gasteiger partial charge is 0.0409 e. The molecule has 1 aliphatic carbocycles. The molecule has 1 fully saturated rings. The highest BCUT2D eigenvalue weighted by Gasteiger charge is 2.20. The topological polar surface area (TPSA) is 12.0 Å². The molecule has 0 aromatic heterocycles. The lowest BCUT2D eigenvalue weighted by Gasteiger charge is -2.12. The molecule has 0 spiro atoms. The summed E-state index contributed by atoms with van der Waals surface area (Å²) in [5.41, 5.74) is 3.71. The van der Waals surface area contributed by atoms with Crippen molar-refractivity contribution < 1.29 is 0 Å². The molecular formula is C16H15BrClN. The van der Waals surface area contributed by atoms with E-state index in [0.29, 0.717) is 6.04 Å². The Hall–Kier alpha value is -0.830.